The summed E-state index contributed by atoms with van der Waals surface area (Å²) < 4.78 is 1.94. The van der Waals surface area contributed by atoms with Gasteiger partial charge in [0.25, 0.3) is 0 Å². The van der Waals surface area contributed by atoms with Crippen molar-refractivity contribution in [2.75, 3.05) is 18.8 Å². The van der Waals surface area contributed by atoms with Gasteiger partial charge in [0.15, 0.2) is 5.16 Å². The minimum absolute atomic E-state index is 0.0508. The van der Waals surface area contributed by atoms with Gasteiger partial charge in [-0.3, -0.25) is 4.79 Å². The van der Waals surface area contributed by atoms with Crippen LogP contribution in [-0.2, 0) is 4.79 Å². The van der Waals surface area contributed by atoms with E-state index in [9.17, 15) is 9.90 Å². The Balaban J connectivity index is 1.87. The van der Waals surface area contributed by atoms with Crippen LogP contribution in [0.4, 0.5) is 0 Å². The molecule has 0 bridgehead atoms. The first-order valence-electron chi connectivity index (χ1n) is 6.06. The molecular formula is C11H18N4O2S. The van der Waals surface area contributed by atoms with Crippen LogP contribution in [0, 0.1) is 0 Å². The lowest BCUT2D eigenvalue weighted by molar-refractivity contribution is -0.127. The first-order valence-corrected chi connectivity index (χ1v) is 7.04. The number of aliphatic hydroxyl groups is 1. The minimum atomic E-state index is -0.363. The maximum Gasteiger partial charge on any atom is 0.233 e. The van der Waals surface area contributed by atoms with Crippen LogP contribution >= 0.6 is 11.8 Å². The first-order chi connectivity index (χ1) is 8.58. The Morgan fingerprint density at radius 3 is 3.06 bits per heavy atom. The van der Waals surface area contributed by atoms with Gasteiger partial charge in [-0.2, -0.15) is 0 Å². The number of carbonyl (C=O) groups excluding carboxylic acids is 1. The van der Waals surface area contributed by atoms with Crippen molar-refractivity contribution in [3.63, 3.8) is 0 Å². The van der Waals surface area contributed by atoms with Crippen molar-refractivity contribution in [1.29, 1.82) is 0 Å². The van der Waals surface area contributed by atoms with Crippen LogP contribution in [-0.4, -0.2) is 55.6 Å². The molecule has 1 N–H and O–H groups in total. The van der Waals surface area contributed by atoms with Gasteiger partial charge in [0.2, 0.25) is 5.91 Å². The van der Waals surface area contributed by atoms with Gasteiger partial charge in [0.1, 0.15) is 6.33 Å². The molecule has 18 heavy (non-hydrogen) atoms. The molecule has 7 heteroatoms. The molecule has 0 aromatic carbocycles. The van der Waals surface area contributed by atoms with E-state index in [0.29, 0.717) is 25.3 Å². The maximum absolute atomic E-state index is 11.9. The Labute approximate surface area is 110 Å². The molecule has 0 saturated carbocycles. The van der Waals surface area contributed by atoms with Gasteiger partial charge in [0, 0.05) is 19.1 Å². The molecule has 2 rings (SSSR count). The lowest BCUT2D eigenvalue weighted by Crippen LogP contribution is -2.31. The zero-order valence-corrected chi connectivity index (χ0v) is 11.4. The summed E-state index contributed by atoms with van der Waals surface area (Å²) in [5, 5.41) is 18.0. The Morgan fingerprint density at radius 2 is 2.44 bits per heavy atom. The Morgan fingerprint density at radius 1 is 1.67 bits per heavy atom. The van der Waals surface area contributed by atoms with E-state index >= 15 is 0 Å². The molecule has 0 radical (unpaired) electrons. The third kappa shape index (κ3) is 3.02. The third-order valence-electron chi connectivity index (χ3n) is 2.94. The molecule has 100 valence electrons. The molecule has 1 aliphatic rings. The fourth-order valence-electron chi connectivity index (χ4n) is 1.88. The Hall–Kier alpha value is -1.08. The van der Waals surface area contributed by atoms with Gasteiger partial charge < -0.3 is 14.6 Å². The number of hydrogen-bond donors (Lipinski definition) is 1. The number of rotatable bonds is 4. The van der Waals surface area contributed by atoms with E-state index in [-0.39, 0.29) is 18.1 Å². The highest BCUT2D eigenvalue weighted by molar-refractivity contribution is 7.99. The minimum Gasteiger partial charge on any atom is -0.391 e. The van der Waals surface area contributed by atoms with Crippen molar-refractivity contribution >= 4 is 17.7 Å². The topological polar surface area (TPSA) is 71.2 Å². The predicted octanol–water partition coefficient (Wildman–Crippen LogP) is 0.544. The standard InChI is InChI=1S/C11H18N4O2S/c1-8(2)15-7-12-13-11(15)18-6-10(17)14-4-3-9(16)5-14/h7-9,16H,3-6H2,1-2H3/t9-/m1/s1. The highest BCUT2D eigenvalue weighted by Crippen LogP contribution is 2.20. The lowest BCUT2D eigenvalue weighted by Gasteiger charge is -2.15. The van der Waals surface area contributed by atoms with Gasteiger partial charge in [-0.05, 0) is 20.3 Å². The fourth-order valence-corrected chi connectivity index (χ4v) is 2.82. The molecular weight excluding hydrogens is 252 g/mol. The summed E-state index contributed by atoms with van der Waals surface area (Å²) in [6.45, 7) is 5.20. The van der Waals surface area contributed by atoms with Crippen LogP contribution in [0.2, 0.25) is 0 Å². The van der Waals surface area contributed by atoms with Crippen LogP contribution in [0.15, 0.2) is 11.5 Å². The molecule has 0 spiro atoms. The van der Waals surface area contributed by atoms with Gasteiger partial charge in [-0.1, -0.05) is 11.8 Å². The number of carbonyl (C=O) groups is 1. The zero-order valence-electron chi connectivity index (χ0n) is 10.6. The van der Waals surface area contributed by atoms with E-state index in [1.807, 2.05) is 18.4 Å². The number of amides is 1. The molecule has 1 saturated heterocycles. The number of aliphatic hydroxyl groups excluding tert-OH is 1. The monoisotopic (exact) mass is 270 g/mol. The average Bonchev–Trinajstić information content (AvgIpc) is 2.94. The molecule has 6 nitrogen and oxygen atoms in total. The molecule has 1 aromatic heterocycles. The van der Waals surface area contributed by atoms with Crippen LogP contribution in [0.1, 0.15) is 26.3 Å². The Bertz CT molecular complexity index is 421. The summed E-state index contributed by atoms with van der Waals surface area (Å²) >= 11 is 1.39. The molecule has 0 unspecified atom stereocenters. The van der Waals surface area contributed by atoms with Crippen molar-refractivity contribution in [1.82, 2.24) is 19.7 Å². The summed E-state index contributed by atoms with van der Waals surface area (Å²) in [5.74, 6) is 0.396. The fraction of sp³-hybridized carbons (Fsp3) is 0.727. The molecule has 0 aliphatic carbocycles. The number of aromatic nitrogens is 3. The van der Waals surface area contributed by atoms with Gasteiger partial charge in [-0.25, -0.2) is 0 Å². The molecule has 1 atom stereocenters. The summed E-state index contributed by atoms with van der Waals surface area (Å²) in [6.07, 6.45) is 1.99. The maximum atomic E-state index is 11.9. The third-order valence-corrected chi connectivity index (χ3v) is 3.88. The van der Waals surface area contributed by atoms with Crippen LogP contribution in [0.5, 0.6) is 0 Å². The van der Waals surface area contributed by atoms with Crippen molar-refractivity contribution in [2.24, 2.45) is 0 Å². The van der Waals surface area contributed by atoms with Gasteiger partial charge in [-0.15, -0.1) is 10.2 Å². The van der Waals surface area contributed by atoms with Crippen LogP contribution in [0.3, 0.4) is 0 Å². The van der Waals surface area contributed by atoms with Crippen molar-refractivity contribution < 1.29 is 9.90 Å². The second kappa shape index (κ2) is 5.71. The van der Waals surface area contributed by atoms with Crippen LogP contribution in [0.25, 0.3) is 0 Å². The number of β-amino-alcohol motifs (C(OH)–C–C–N with tert-alkyl or cyclic N) is 1. The number of nitrogens with zero attached hydrogens (tertiary/aromatic N) is 4. The highest BCUT2D eigenvalue weighted by atomic mass is 32.2. The summed E-state index contributed by atoms with van der Waals surface area (Å²) in [4.78, 5) is 13.6. The molecule has 1 amide bonds. The average molecular weight is 270 g/mol. The smallest absolute Gasteiger partial charge is 0.233 e. The number of thioether (sulfide) groups is 1. The first kappa shape index (κ1) is 13.4. The van der Waals surface area contributed by atoms with E-state index in [2.05, 4.69) is 10.2 Å². The largest absolute Gasteiger partial charge is 0.391 e. The van der Waals surface area contributed by atoms with Crippen molar-refractivity contribution in [3.05, 3.63) is 6.33 Å². The molecule has 1 fully saturated rings. The summed E-state index contributed by atoms with van der Waals surface area (Å²) in [7, 11) is 0. The van der Waals surface area contributed by atoms with E-state index in [0.717, 1.165) is 5.16 Å². The van der Waals surface area contributed by atoms with Crippen molar-refractivity contribution in [3.8, 4) is 0 Å². The van der Waals surface area contributed by atoms with Crippen LogP contribution < -0.4 is 0 Å². The number of hydrogen-bond acceptors (Lipinski definition) is 5. The normalized spacial score (nSPS) is 19.8. The van der Waals surface area contributed by atoms with Gasteiger partial charge in [0.05, 0.1) is 11.9 Å². The summed E-state index contributed by atoms with van der Waals surface area (Å²) in [5.41, 5.74) is 0. The second-order valence-corrected chi connectivity index (χ2v) is 5.63. The Kier molecular flexibility index (Phi) is 4.23. The molecule has 1 aliphatic heterocycles. The molecule has 1 aromatic rings. The predicted molar refractivity (Wildman–Crippen MR) is 68.3 cm³/mol. The van der Waals surface area contributed by atoms with E-state index in [1.54, 1.807) is 11.2 Å². The number of likely N-dealkylation sites (tertiary alicyclic amines) is 1. The van der Waals surface area contributed by atoms with E-state index < -0.39 is 0 Å². The van der Waals surface area contributed by atoms with E-state index in [4.69, 9.17) is 0 Å². The van der Waals surface area contributed by atoms with Gasteiger partial charge >= 0.3 is 0 Å². The second-order valence-electron chi connectivity index (χ2n) is 4.69. The zero-order chi connectivity index (χ0) is 13.1. The van der Waals surface area contributed by atoms with E-state index in [1.165, 1.54) is 11.8 Å². The lowest BCUT2D eigenvalue weighted by atomic mass is 10.3. The quantitative estimate of drug-likeness (QED) is 0.809. The summed E-state index contributed by atoms with van der Waals surface area (Å²) in [6, 6.07) is 0.284. The molecule has 2 heterocycles. The highest BCUT2D eigenvalue weighted by Gasteiger charge is 2.24. The SMILES string of the molecule is CC(C)n1cnnc1SCC(=O)N1CC[C@@H](O)C1. The van der Waals surface area contributed by atoms with Crippen molar-refractivity contribution in [2.45, 2.75) is 37.6 Å².